The van der Waals surface area contributed by atoms with Gasteiger partial charge in [0.2, 0.25) is 6.29 Å². The summed E-state index contributed by atoms with van der Waals surface area (Å²) in [5, 5.41) is 67.9. The Hall–Kier alpha value is -6.35. The predicted molar refractivity (Wildman–Crippen MR) is 274 cm³/mol. The molecule has 3 aliphatic heterocycles. The molecule has 8 rings (SSSR count). The lowest BCUT2D eigenvalue weighted by atomic mass is 9.40. The van der Waals surface area contributed by atoms with E-state index in [1.807, 2.05) is 60.6 Å². The average molecular weight is 1040 g/mol. The quantitative estimate of drug-likeness (QED) is 0.0151. The lowest BCUT2D eigenvalue weighted by molar-refractivity contribution is -0.277. The summed E-state index contributed by atoms with van der Waals surface area (Å²) in [6, 6.07) is 5.41. The zero-order chi connectivity index (χ0) is 55.2. The Morgan fingerprint density at radius 2 is 1.63 bits per heavy atom. The van der Waals surface area contributed by atoms with Crippen LogP contribution in [0.1, 0.15) is 113 Å². The summed E-state index contributed by atoms with van der Waals surface area (Å²) in [7, 11) is 1.20. The van der Waals surface area contributed by atoms with Gasteiger partial charge in [0, 0.05) is 35.1 Å². The molecular weight excluding hydrogens is 971 g/mol. The standard InChI is InChI=1S/C56H71N3O16/c1-26(2)12-11-21-54(9)22-20-34-46(74-54)33(18-13-27(3)4)48-40(47(34)73-52(67)31-14-16-32(17-15-31)71-53-45(64)44(63)42(61)37(25-60)72-53)43(62)41-39(38(30(8)57)50(58)59-69)35-24-36(28(5)6)56(41,75-48)55(68,49(35)65)23-19-29(7)51(66)70-10/h12-17,19-20,22,28,35-39,41-42,44-45,53,60-61,63-64,68-69H,8,11,18,21,23-25,57H2,1-7,9-10H3,(H2,58,59)/b29-19-/t35?,36?,37-,38?,39?,41?,42-,44+,45-,53-,54?,55?,56?/m0/s1. The number of benzene rings is 2. The first kappa shape index (κ1) is 56.4. The van der Waals surface area contributed by atoms with Gasteiger partial charge in [-0.05, 0) is 115 Å². The van der Waals surface area contributed by atoms with Crippen molar-refractivity contribution in [3.8, 4) is 23.0 Å². The predicted octanol–water partition coefficient (Wildman–Crippen LogP) is 5.00. The monoisotopic (exact) mass is 1040 g/mol. The Bertz CT molecular complexity index is 2750. The third kappa shape index (κ3) is 10.0. The molecule has 406 valence electrons. The molecule has 13 atom stereocenters. The molecule has 6 aliphatic rings. The number of amidine groups is 1. The van der Waals surface area contributed by atoms with Gasteiger partial charge in [-0.15, -0.1) is 0 Å². The number of Topliss-reactive ketones (excluding diaryl/α,β-unsaturated/α-hetero) is 2. The minimum absolute atomic E-state index is 0.0474. The number of allylic oxidation sites excluding steroid dienone is 4. The third-order valence-electron chi connectivity index (χ3n) is 15.5. The molecule has 4 fully saturated rings. The summed E-state index contributed by atoms with van der Waals surface area (Å²) >= 11 is 0. The van der Waals surface area contributed by atoms with Crippen LogP contribution in [-0.4, -0.2) is 121 Å². The molecule has 2 bridgehead atoms. The van der Waals surface area contributed by atoms with E-state index >= 15 is 9.59 Å². The number of rotatable bonds is 17. The fraction of sp³-hybridized carbons (Fsp3) is 0.518. The van der Waals surface area contributed by atoms with Gasteiger partial charge in [0.05, 0.1) is 36.7 Å². The van der Waals surface area contributed by atoms with Crippen LogP contribution in [0.4, 0.5) is 0 Å². The molecule has 0 aromatic heterocycles. The number of carbonyl (C=O) groups excluding carboxylic acids is 4. The van der Waals surface area contributed by atoms with Gasteiger partial charge in [-0.2, -0.15) is 0 Å². The van der Waals surface area contributed by atoms with E-state index in [2.05, 4.69) is 17.8 Å². The fourth-order valence-corrected chi connectivity index (χ4v) is 11.7. The summed E-state index contributed by atoms with van der Waals surface area (Å²) < 4.78 is 37.2. The van der Waals surface area contributed by atoms with Crippen molar-refractivity contribution in [3.63, 3.8) is 0 Å². The van der Waals surface area contributed by atoms with Crippen molar-refractivity contribution in [3.05, 3.63) is 99.8 Å². The fourth-order valence-electron chi connectivity index (χ4n) is 11.7. The van der Waals surface area contributed by atoms with E-state index in [0.717, 1.165) is 11.1 Å². The molecule has 1 saturated heterocycles. The van der Waals surface area contributed by atoms with Crippen molar-refractivity contribution in [1.29, 1.82) is 0 Å². The van der Waals surface area contributed by atoms with Crippen LogP contribution in [0.25, 0.3) is 6.08 Å². The highest BCUT2D eigenvalue weighted by atomic mass is 16.7. The number of aliphatic hydroxyl groups is 5. The normalized spacial score (nSPS) is 31.2. The van der Waals surface area contributed by atoms with Crippen molar-refractivity contribution < 1.29 is 78.3 Å². The van der Waals surface area contributed by atoms with Crippen LogP contribution in [0.3, 0.4) is 0 Å². The number of fused-ring (bicyclic) bond motifs is 4. The van der Waals surface area contributed by atoms with Crippen LogP contribution in [0.5, 0.6) is 23.0 Å². The van der Waals surface area contributed by atoms with E-state index in [0.29, 0.717) is 18.4 Å². The number of esters is 2. The van der Waals surface area contributed by atoms with Gasteiger partial charge in [0.1, 0.15) is 58.7 Å². The molecule has 0 radical (unpaired) electrons. The van der Waals surface area contributed by atoms with Crippen LogP contribution >= 0.6 is 0 Å². The number of ether oxygens (including phenoxy) is 6. The zero-order valence-corrected chi connectivity index (χ0v) is 43.9. The van der Waals surface area contributed by atoms with Gasteiger partial charge in [-0.25, -0.2) is 9.59 Å². The highest BCUT2D eigenvalue weighted by Crippen LogP contribution is 2.67. The third-order valence-corrected chi connectivity index (χ3v) is 15.5. The van der Waals surface area contributed by atoms with E-state index < -0.39 is 119 Å². The van der Waals surface area contributed by atoms with Gasteiger partial charge in [-0.1, -0.05) is 55.0 Å². The number of oxime groups is 1. The Labute approximate surface area is 436 Å². The van der Waals surface area contributed by atoms with Crippen molar-refractivity contribution in [2.24, 2.45) is 52.1 Å². The molecule has 0 amide bonds. The number of aliphatic hydroxyl groups excluding tert-OH is 4. The molecule has 3 heterocycles. The molecule has 2 aromatic carbocycles. The van der Waals surface area contributed by atoms with Gasteiger partial charge < -0.3 is 70.6 Å². The second kappa shape index (κ2) is 21.7. The maximum Gasteiger partial charge on any atom is 0.343 e. The van der Waals surface area contributed by atoms with E-state index in [1.165, 1.54) is 44.4 Å². The van der Waals surface area contributed by atoms with E-state index in [1.54, 1.807) is 6.08 Å². The summed E-state index contributed by atoms with van der Waals surface area (Å²) in [6.45, 7) is 18.2. The molecule has 2 aromatic rings. The highest BCUT2D eigenvalue weighted by molar-refractivity contribution is 6.11. The molecule has 19 nitrogen and oxygen atoms in total. The summed E-state index contributed by atoms with van der Waals surface area (Å²) in [5.74, 6) is -10.1. The number of hydrogen-bond donors (Lipinski definition) is 8. The largest absolute Gasteiger partial charge is 0.482 e. The molecule has 1 spiro atoms. The molecule has 19 heteroatoms. The minimum Gasteiger partial charge on any atom is -0.482 e. The number of nitrogens with zero attached hydrogens (tertiary/aromatic N) is 1. The van der Waals surface area contributed by atoms with Crippen LogP contribution in [0.15, 0.2) is 82.7 Å². The van der Waals surface area contributed by atoms with Crippen molar-refractivity contribution in [2.45, 2.75) is 135 Å². The second-order valence-corrected chi connectivity index (χ2v) is 21.4. The van der Waals surface area contributed by atoms with Gasteiger partial charge >= 0.3 is 11.9 Å². The molecule has 8 unspecified atom stereocenters. The topological polar surface area (TPSA) is 309 Å². The summed E-state index contributed by atoms with van der Waals surface area (Å²) in [4.78, 5) is 59.5. The summed E-state index contributed by atoms with van der Waals surface area (Å²) in [5.41, 5.74) is 9.49. The smallest absolute Gasteiger partial charge is 0.343 e. The van der Waals surface area contributed by atoms with Crippen LogP contribution < -0.4 is 30.4 Å². The molecule has 10 N–H and O–H groups in total. The number of methoxy groups -OCH3 is 1. The van der Waals surface area contributed by atoms with E-state index in [9.17, 15) is 40.3 Å². The van der Waals surface area contributed by atoms with Gasteiger partial charge in [0.15, 0.2) is 28.5 Å². The van der Waals surface area contributed by atoms with Crippen LogP contribution in [0, 0.1) is 35.5 Å². The van der Waals surface area contributed by atoms with Crippen molar-refractivity contribution >= 4 is 35.4 Å². The number of nitrogens with two attached hydrogens (primary N) is 2. The van der Waals surface area contributed by atoms with Gasteiger partial charge in [-0.3, -0.25) is 9.59 Å². The Balaban J connectivity index is 1.48. The second-order valence-electron chi connectivity index (χ2n) is 21.4. The first-order chi connectivity index (χ1) is 35.3. The number of carbonyl (C=O) groups is 4. The number of ketones is 2. The highest BCUT2D eigenvalue weighted by Gasteiger charge is 2.79. The van der Waals surface area contributed by atoms with Crippen LogP contribution in [-0.2, 0) is 25.5 Å². The molecule has 75 heavy (non-hydrogen) atoms. The Morgan fingerprint density at radius 3 is 2.21 bits per heavy atom. The Morgan fingerprint density at radius 1 is 0.960 bits per heavy atom. The van der Waals surface area contributed by atoms with Crippen molar-refractivity contribution in [1.82, 2.24) is 0 Å². The average Bonchev–Trinajstić information content (AvgIpc) is 3.36. The maximum atomic E-state index is 16.6. The zero-order valence-electron chi connectivity index (χ0n) is 43.9. The van der Waals surface area contributed by atoms with E-state index in [4.69, 9.17) is 39.9 Å². The first-order valence-corrected chi connectivity index (χ1v) is 25.1. The lowest BCUT2D eigenvalue weighted by Crippen LogP contribution is -2.82. The SMILES string of the molecule is C=C(N)C(/C(N)=N\O)C1C2CC(C(C)C)C3(Oc4c(CC=C(C)C)c5c(c(OC(=O)c6ccc(O[C@H]7O[C@@H](CO)[C@H](O)[C@@H](O)[C@@H]7O)cc6)c4C(=O)C13)C=CC(C)(CCC=C(C)C)O5)C(O)(C/C=C(/C)C(=O)OC)C2=O. The lowest BCUT2D eigenvalue weighted by Gasteiger charge is -2.67. The van der Waals surface area contributed by atoms with Crippen molar-refractivity contribution in [2.75, 3.05) is 13.7 Å². The summed E-state index contributed by atoms with van der Waals surface area (Å²) in [6.07, 6.45) is 1.95. The van der Waals surface area contributed by atoms with Crippen LogP contribution in [0.2, 0.25) is 0 Å². The molecule has 3 saturated carbocycles. The molecular formula is C56H71N3O16. The van der Waals surface area contributed by atoms with Gasteiger partial charge in [0.25, 0.3) is 0 Å². The Kier molecular flexibility index (Phi) is 16.3. The first-order valence-electron chi connectivity index (χ1n) is 25.1. The maximum absolute atomic E-state index is 16.6. The number of hydrogen-bond acceptors (Lipinski definition) is 18. The molecule has 3 aliphatic carbocycles. The minimum atomic E-state index is -2.53. The van der Waals surface area contributed by atoms with E-state index in [-0.39, 0.29) is 69.7 Å².